The highest BCUT2D eigenvalue weighted by Crippen LogP contribution is 2.09. The molecule has 0 rings (SSSR count). The van der Waals surface area contributed by atoms with Crippen LogP contribution in [0.3, 0.4) is 0 Å². The third-order valence-corrected chi connectivity index (χ3v) is 2.46. The third-order valence-electron chi connectivity index (χ3n) is 2.46. The number of rotatable bonds is 9. The van der Waals surface area contributed by atoms with Crippen molar-refractivity contribution < 1.29 is 0 Å². The van der Waals surface area contributed by atoms with Crippen LogP contribution >= 0.6 is 0 Å². The van der Waals surface area contributed by atoms with Gasteiger partial charge in [0.1, 0.15) is 0 Å². The molecule has 0 fully saturated rings. The van der Waals surface area contributed by atoms with E-state index in [0.29, 0.717) is 0 Å². The Hall–Kier alpha value is 0. The molecule has 4 radical (unpaired) electrons. The van der Waals surface area contributed by atoms with E-state index in [4.69, 9.17) is 0 Å². The van der Waals surface area contributed by atoms with E-state index in [-0.39, 0.29) is 7.43 Å². The molecule has 0 spiro atoms. The van der Waals surface area contributed by atoms with Gasteiger partial charge in [-0.1, -0.05) is 78.1 Å². The van der Waals surface area contributed by atoms with Crippen LogP contribution in [0.1, 0.15) is 78.1 Å². The average molecular weight is 182 g/mol. The Morgan fingerprint density at radius 2 is 0.692 bits per heavy atom. The smallest absolute Gasteiger partial charge is 0 e. The van der Waals surface area contributed by atoms with Crippen LogP contribution in [-0.2, 0) is 0 Å². The zero-order valence-corrected chi connectivity index (χ0v) is 9.57. The van der Waals surface area contributed by atoms with Gasteiger partial charge in [-0.3, -0.25) is 0 Å². The summed E-state index contributed by atoms with van der Waals surface area (Å²) < 4.78 is 0. The summed E-state index contributed by atoms with van der Waals surface area (Å²) in [6, 6.07) is 0. The van der Waals surface area contributed by atoms with Gasteiger partial charge < -0.3 is 0 Å². The second-order valence-electron chi connectivity index (χ2n) is 3.83. The Bertz CT molecular complexity index is 56.4. The van der Waals surface area contributed by atoms with Gasteiger partial charge in [0.15, 0.2) is 0 Å². The maximum absolute atomic E-state index is 2.28. The fourth-order valence-electron chi connectivity index (χ4n) is 1.56. The van der Waals surface area contributed by atoms with E-state index in [1.807, 2.05) is 0 Å². The summed E-state index contributed by atoms with van der Waals surface area (Å²) >= 11 is 0. The molecule has 0 aromatic carbocycles. The van der Waals surface area contributed by atoms with E-state index in [1.54, 1.807) is 0 Å². The molecule has 0 aliphatic rings. The summed E-state index contributed by atoms with van der Waals surface area (Å²) in [5.41, 5.74) is 0. The molecule has 0 heterocycles. The molecule has 0 aromatic heterocycles. The Labute approximate surface area is 86.1 Å². The van der Waals surface area contributed by atoms with Crippen molar-refractivity contribution in [3.8, 4) is 0 Å². The second-order valence-corrected chi connectivity index (χ2v) is 3.83. The molecule has 0 heteroatoms. The minimum absolute atomic E-state index is 0. The molecule has 0 atom stereocenters. The van der Waals surface area contributed by atoms with E-state index in [9.17, 15) is 0 Å². The molecular formula is C13H26. The van der Waals surface area contributed by atoms with Crippen LogP contribution < -0.4 is 0 Å². The molecule has 0 bridgehead atoms. The van der Waals surface area contributed by atoms with Crippen LogP contribution in [0.2, 0.25) is 0 Å². The number of unbranched alkanes of at least 4 members (excludes halogenated alkanes) is 9. The minimum atomic E-state index is 0. The molecule has 0 saturated heterocycles. The van der Waals surface area contributed by atoms with Crippen molar-refractivity contribution in [3.05, 3.63) is 7.43 Å². The van der Waals surface area contributed by atoms with Gasteiger partial charge in [-0.05, 0) is 0 Å². The van der Waals surface area contributed by atoms with Crippen molar-refractivity contribution in [1.82, 2.24) is 0 Å². The van der Waals surface area contributed by atoms with E-state index >= 15 is 0 Å². The fraction of sp³-hybridized carbons (Fsp3) is 0.923. The molecular weight excluding hydrogens is 156 g/mol. The van der Waals surface area contributed by atoms with E-state index < -0.39 is 0 Å². The predicted octanol–water partition coefficient (Wildman–Crippen LogP) is 5.01. The zero-order valence-electron chi connectivity index (χ0n) is 9.57. The summed E-state index contributed by atoms with van der Waals surface area (Å²) in [4.78, 5) is 0. The van der Waals surface area contributed by atoms with Crippen molar-refractivity contribution in [2.45, 2.75) is 78.1 Å². The Morgan fingerprint density at radius 3 is 0.923 bits per heavy atom. The first-order valence-electron chi connectivity index (χ1n) is 5.91. The number of hydrogen-bond donors (Lipinski definition) is 0. The van der Waals surface area contributed by atoms with Crippen LogP contribution in [0, 0.1) is 7.43 Å². The van der Waals surface area contributed by atoms with Crippen LogP contribution in [-0.4, -0.2) is 0 Å². The number of hydrogen-bond acceptors (Lipinski definition) is 0. The van der Waals surface area contributed by atoms with E-state index in [2.05, 4.69) is 13.8 Å². The van der Waals surface area contributed by atoms with Crippen LogP contribution in [0.5, 0.6) is 0 Å². The van der Waals surface area contributed by atoms with Gasteiger partial charge >= 0.3 is 0 Å². The van der Waals surface area contributed by atoms with Crippen LogP contribution in [0.25, 0.3) is 0 Å². The highest BCUT2D eigenvalue weighted by molar-refractivity contribution is 4.45. The van der Waals surface area contributed by atoms with E-state index in [0.717, 1.165) is 0 Å². The zero-order chi connectivity index (χ0) is 9.07. The van der Waals surface area contributed by atoms with Crippen LogP contribution in [0.4, 0.5) is 0 Å². The van der Waals surface area contributed by atoms with Crippen molar-refractivity contribution in [2.75, 3.05) is 0 Å². The largest absolute Gasteiger partial charge is 0.0654 e. The van der Waals surface area contributed by atoms with Gasteiger partial charge in [-0.15, -0.1) is 0 Å². The maximum atomic E-state index is 2.28. The molecule has 0 aliphatic heterocycles. The predicted molar refractivity (Wildman–Crippen MR) is 60.8 cm³/mol. The van der Waals surface area contributed by atoms with Gasteiger partial charge in [0, 0.05) is 7.43 Å². The van der Waals surface area contributed by atoms with Crippen molar-refractivity contribution in [3.63, 3.8) is 0 Å². The first-order valence-corrected chi connectivity index (χ1v) is 5.91. The first kappa shape index (κ1) is 15.5. The summed E-state index contributed by atoms with van der Waals surface area (Å²) in [6.45, 7) is 4.56. The van der Waals surface area contributed by atoms with Gasteiger partial charge in [-0.2, -0.15) is 0 Å². The summed E-state index contributed by atoms with van der Waals surface area (Å²) in [6.07, 6.45) is 14.4. The lowest BCUT2D eigenvalue weighted by molar-refractivity contribution is 0.562. The van der Waals surface area contributed by atoms with E-state index in [1.165, 1.54) is 64.2 Å². The first-order chi connectivity index (χ1) is 5.91. The monoisotopic (exact) mass is 182 g/mol. The normalized spacial score (nSPS) is 9.69. The molecule has 0 unspecified atom stereocenters. The lowest BCUT2D eigenvalue weighted by atomic mass is 10.1. The lowest BCUT2D eigenvalue weighted by Gasteiger charge is -1.99. The summed E-state index contributed by atoms with van der Waals surface area (Å²) in [5.74, 6) is 0. The molecule has 0 aliphatic carbocycles. The quantitative estimate of drug-likeness (QED) is 0.440. The highest BCUT2D eigenvalue weighted by Gasteiger charge is 1.90. The second kappa shape index (κ2) is 14.5. The highest BCUT2D eigenvalue weighted by atomic mass is 14.0. The van der Waals surface area contributed by atoms with Crippen molar-refractivity contribution in [1.29, 1.82) is 0 Å². The summed E-state index contributed by atoms with van der Waals surface area (Å²) in [7, 11) is 0. The SMILES string of the molecule is CCCCCCCCCCCC.[C]. The van der Waals surface area contributed by atoms with Gasteiger partial charge in [0.05, 0.1) is 0 Å². The van der Waals surface area contributed by atoms with Gasteiger partial charge in [0.2, 0.25) is 0 Å². The molecule has 0 amide bonds. The Morgan fingerprint density at radius 1 is 0.462 bits per heavy atom. The van der Waals surface area contributed by atoms with Crippen molar-refractivity contribution >= 4 is 0 Å². The molecule has 0 nitrogen and oxygen atoms in total. The fourth-order valence-corrected chi connectivity index (χ4v) is 1.56. The van der Waals surface area contributed by atoms with Gasteiger partial charge in [0.25, 0.3) is 0 Å². The Kier molecular flexibility index (Phi) is 17.3. The van der Waals surface area contributed by atoms with Gasteiger partial charge in [-0.25, -0.2) is 0 Å². The topological polar surface area (TPSA) is 0 Å². The molecule has 0 saturated carbocycles. The molecule has 13 heavy (non-hydrogen) atoms. The summed E-state index contributed by atoms with van der Waals surface area (Å²) in [5, 5.41) is 0. The third kappa shape index (κ3) is 14.8. The van der Waals surface area contributed by atoms with Crippen molar-refractivity contribution in [2.24, 2.45) is 0 Å². The lowest BCUT2D eigenvalue weighted by Crippen LogP contribution is -1.80. The molecule has 78 valence electrons. The maximum Gasteiger partial charge on any atom is 0 e. The molecule has 0 aromatic rings. The Balaban J connectivity index is 0. The molecule has 0 N–H and O–H groups in total. The van der Waals surface area contributed by atoms with Crippen LogP contribution in [0.15, 0.2) is 0 Å². The average Bonchev–Trinajstić information content (AvgIpc) is 2.10. The standard InChI is InChI=1S/C12H26.C/c1-3-5-7-9-11-12-10-8-6-4-2;/h3-12H2,1-2H3;. The minimum Gasteiger partial charge on any atom is -0.0654 e.